The topological polar surface area (TPSA) is 77.9 Å². The van der Waals surface area contributed by atoms with Crippen LogP contribution in [-0.4, -0.2) is 33.3 Å². The molecule has 2 aromatic rings. The van der Waals surface area contributed by atoms with Crippen molar-refractivity contribution in [3.05, 3.63) is 64.1 Å². The summed E-state index contributed by atoms with van der Waals surface area (Å²) in [6.45, 7) is 5.32. The molecule has 1 fully saturated rings. The molecule has 6 nitrogen and oxygen atoms in total. The van der Waals surface area contributed by atoms with Gasteiger partial charge in [0, 0.05) is 5.56 Å². The monoisotopic (exact) mass is 438 g/mol. The van der Waals surface area contributed by atoms with Crippen LogP contribution in [0.25, 0.3) is 5.57 Å². The summed E-state index contributed by atoms with van der Waals surface area (Å²) >= 11 is 6.56. The Morgan fingerprint density at radius 1 is 1.03 bits per heavy atom. The van der Waals surface area contributed by atoms with E-state index in [4.69, 9.17) is 12.2 Å². The van der Waals surface area contributed by atoms with E-state index >= 15 is 0 Å². The minimum absolute atomic E-state index is 0.198. The number of amides is 2. The fourth-order valence-corrected chi connectivity index (χ4v) is 5.02. The number of carboxylic acid groups (broad SMARTS) is 1. The van der Waals surface area contributed by atoms with Gasteiger partial charge in [0.25, 0.3) is 11.8 Å². The Kier molecular flexibility index (Phi) is 4.99. The molecule has 2 aliphatic rings. The minimum Gasteiger partial charge on any atom is -0.480 e. The molecule has 8 heteroatoms. The van der Waals surface area contributed by atoms with Gasteiger partial charge >= 0.3 is 5.97 Å². The summed E-state index contributed by atoms with van der Waals surface area (Å²) in [4.78, 5) is 41.2. The molecule has 2 heterocycles. The lowest BCUT2D eigenvalue weighted by Gasteiger charge is -2.21. The second kappa shape index (κ2) is 7.37. The van der Waals surface area contributed by atoms with Gasteiger partial charge in [0.1, 0.15) is 6.04 Å². The lowest BCUT2D eigenvalue weighted by atomic mass is 10.1. The smallest absolute Gasteiger partial charge is 0.326 e. The number of nitrogens with zero attached hydrogens (tertiary/aromatic N) is 2. The van der Waals surface area contributed by atoms with Crippen molar-refractivity contribution in [1.82, 2.24) is 0 Å². The molecule has 0 saturated carbocycles. The third kappa shape index (κ3) is 2.95. The van der Waals surface area contributed by atoms with Gasteiger partial charge in [-0.25, -0.2) is 4.79 Å². The van der Waals surface area contributed by atoms with Crippen molar-refractivity contribution >= 4 is 63.0 Å². The number of rotatable bonds is 3. The maximum Gasteiger partial charge on any atom is 0.326 e. The number of fused-ring (bicyclic) bond motifs is 1. The highest BCUT2D eigenvalue weighted by Gasteiger charge is 2.44. The summed E-state index contributed by atoms with van der Waals surface area (Å²) in [6, 6.07) is 11.5. The number of anilines is 2. The van der Waals surface area contributed by atoms with Crippen molar-refractivity contribution in [3.63, 3.8) is 0 Å². The van der Waals surface area contributed by atoms with E-state index in [9.17, 15) is 19.5 Å². The van der Waals surface area contributed by atoms with Crippen LogP contribution in [0, 0.1) is 13.8 Å². The summed E-state index contributed by atoms with van der Waals surface area (Å²) in [5.74, 6) is -2.00. The van der Waals surface area contributed by atoms with Crippen LogP contribution in [0.15, 0.2) is 47.4 Å². The number of aryl methyl sites for hydroxylation is 1. The van der Waals surface area contributed by atoms with E-state index in [-0.39, 0.29) is 16.4 Å². The minimum atomic E-state index is -1.12. The van der Waals surface area contributed by atoms with E-state index in [1.165, 1.54) is 16.7 Å². The van der Waals surface area contributed by atoms with E-state index in [1.54, 1.807) is 24.3 Å². The van der Waals surface area contributed by atoms with Crippen molar-refractivity contribution in [2.24, 2.45) is 0 Å². The van der Waals surface area contributed by atoms with Crippen molar-refractivity contribution in [2.75, 3.05) is 9.80 Å². The molecular formula is C22H18N2O4S2. The average molecular weight is 439 g/mol. The molecule has 2 aliphatic heterocycles. The van der Waals surface area contributed by atoms with Gasteiger partial charge in [0.15, 0.2) is 4.32 Å². The zero-order valence-corrected chi connectivity index (χ0v) is 18.1. The van der Waals surface area contributed by atoms with Gasteiger partial charge in [0.05, 0.1) is 21.9 Å². The highest BCUT2D eigenvalue weighted by molar-refractivity contribution is 8.27. The molecule has 1 N–H and O–H groups in total. The normalized spacial score (nSPS) is 19.5. The standard InChI is InChI=1S/C22H18N2O4S2/c1-11-7-6-10-15(12(11)2)24-20(26)18(30-22(24)29)17-14-8-4-5-9-16(14)23(19(17)25)13(3)21(27)28/h4-10,13H,1-3H3,(H,27,28)/b18-17-/t13-/m1/s1. The first-order valence-corrected chi connectivity index (χ1v) is 10.5. The molecule has 0 unspecified atom stereocenters. The lowest BCUT2D eigenvalue weighted by Crippen LogP contribution is -2.41. The summed E-state index contributed by atoms with van der Waals surface area (Å²) < 4.78 is 0.339. The van der Waals surface area contributed by atoms with Crippen LogP contribution in [0.2, 0.25) is 0 Å². The summed E-state index contributed by atoms with van der Waals surface area (Å²) in [7, 11) is 0. The van der Waals surface area contributed by atoms with Gasteiger partial charge in [-0.05, 0) is 44.0 Å². The molecule has 0 radical (unpaired) electrons. The number of para-hydroxylation sites is 1. The maximum atomic E-state index is 13.4. The van der Waals surface area contributed by atoms with Gasteiger partial charge in [-0.15, -0.1) is 0 Å². The zero-order chi connectivity index (χ0) is 21.7. The zero-order valence-electron chi connectivity index (χ0n) is 16.5. The molecule has 1 saturated heterocycles. The van der Waals surface area contributed by atoms with Crippen LogP contribution < -0.4 is 9.80 Å². The Morgan fingerprint density at radius 2 is 1.70 bits per heavy atom. The summed E-state index contributed by atoms with van der Waals surface area (Å²) in [5.41, 5.74) is 3.85. The first-order valence-electron chi connectivity index (χ1n) is 9.26. The molecule has 2 aromatic carbocycles. The molecule has 1 atom stereocenters. The Hall–Kier alpha value is -2.97. The van der Waals surface area contributed by atoms with Crippen LogP contribution in [0.1, 0.15) is 23.6 Å². The van der Waals surface area contributed by atoms with Crippen LogP contribution in [0.4, 0.5) is 11.4 Å². The largest absolute Gasteiger partial charge is 0.480 e. The van der Waals surface area contributed by atoms with Gasteiger partial charge in [-0.2, -0.15) is 0 Å². The van der Waals surface area contributed by atoms with Crippen molar-refractivity contribution < 1.29 is 19.5 Å². The predicted octanol–water partition coefficient (Wildman–Crippen LogP) is 3.90. The molecule has 30 heavy (non-hydrogen) atoms. The lowest BCUT2D eigenvalue weighted by molar-refractivity contribution is -0.139. The van der Waals surface area contributed by atoms with Gasteiger partial charge < -0.3 is 5.11 Å². The first-order chi connectivity index (χ1) is 14.2. The highest BCUT2D eigenvalue weighted by atomic mass is 32.2. The van der Waals surface area contributed by atoms with Crippen molar-refractivity contribution in [2.45, 2.75) is 26.8 Å². The van der Waals surface area contributed by atoms with E-state index in [1.807, 2.05) is 32.0 Å². The quantitative estimate of drug-likeness (QED) is 0.579. The average Bonchev–Trinajstić information content (AvgIpc) is 3.15. The second-order valence-electron chi connectivity index (χ2n) is 7.14. The fourth-order valence-electron chi connectivity index (χ4n) is 3.66. The molecule has 0 spiro atoms. The van der Waals surface area contributed by atoms with Gasteiger partial charge in [0.2, 0.25) is 0 Å². The Bertz CT molecular complexity index is 1170. The fraction of sp³-hybridized carbons (Fsp3) is 0.182. The third-order valence-electron chi connectivity index (χ3n) is 5.42. The van der Waals surface area contributed by atoms with Gasteiger partial charge in [-0.1, -0.05) is 54.3 Å². The van der Waals surface area contributed by atoms with Crippen LogP contribution >= 0.6 is 24.0 Å². The number of hydrogen-bond donors (Lipinski definition) is 1. The van der Waals surface area contributed by atoms with E-state index < -0.39 is 17.9 Å². The van der Waals surface area contributed by atoms with E-state index in [0.29, 0.717) is 21.3 Å². The molecular weight excluding hydrogens is 420 g/mol. The molecule has 0 bridgehead atoms. The van der Waals surface area contributed by atoms with Crippen molar-refractivity contribution in [1.29, 1.82) is 0 Å². The Balaban J connectivity index is 1.87. The molecule has 4 rings (SSSR count). The number of carbonyl (C=O) groups is 3. The van der Waals surface area contributed by atoms with E-state index in [2.05, 4.69) is 0 Å². The summed E-state index contributed by atoms with van der Waals surface area (Å²) in [6.07, 6.45) is 0. The van der Waals surface area contributed by atoms with Gasteiger partial charge in [-0.3, -0.25) is 19.4 Å². The predicted molar refractivity (Wildman–Crippen MR) is 122 cm³/mol. The SMILES string of the molecule is Cc1cccc(N2C(=O)/C(=C3/C(=O)N([C@H](C)C(=O)O)c4ccccc43)SC2=S)c1C. The molecule has 0 aliphatic carbocycles. The maximum absolute atomic E-state index is 13.4. The molecule has 152 valence electrons. The number of benzene rings is 2. The van der Waals surface area contributed by atoms with Crippen LogP contribution in [0.3, 0.4) is 0 Å². The second-order valence-corrected chi connectivity index (χ2v) is 8.78. The molecule has 0 aromatic heterocycles. The number of thioether (sulfide) groups is 1. The number of aliphatic carboxylic acids is 1. The summed E-state index contributed by atoms with van der Waals surface area (Å²) in [5, 5.41) is 9.47. The van der Waals surface area contributed by atoms with Crippen LogP contribution in [0.5, 0.6) is 0 Å². The van der Waals surface area contributed by atoms with E-state index in [0.717, 1.165) is 22.9 Å². The first kappa shape index (κ1) is 20.3. The van der Waals surface area contributed by atoms with Crippen molar-refractivity contribution in [3.8, 4) is 0 Å². The number of thiocarbonyl (C=S) groups is 1. The number of carbonyl (C=O) groups excluding carboxylic acids is 2. The number of carboxylic acids is 1. The molecule has 2 amide bonds. The Morgan fingerprint density at radius 3 is 2.40 bits per heavy atom. The highest BCUT2D eigenvalue weighted by Crippen LogP contribution is 2.46. The Labute approximate surface area is 183 Å². The third-order valence-corrected chi connectivity index (χ3v) is 6.80. The van der Waals surface area contributed by atoms with Crippen LogP contribution in [-0.2, 0) is 14.4 Å². The number of hydrogen-bond acceptors (Lipinski definition) is 5.